The van der Waals surface area contributed by atoms with Gasteiger partial charge in [-0.3, -0.25) is 0 Å². The molecule has 0 aromatic carbocycles. The Hall–Kier alpha value is -1.56. The minimum atomic E-state index is 0.0191. The number of amides is 2. The van der Waals surface area contributed by atoms with Crippen LogP contribution < -0.4 is 5.32 Å². The molecule has 0 saturated carbocycles. The topological polar surface area (TPSA) is 53.4 Å². The second kappa shape index (κ2) is 7.63. The fourth-order valence-corrected chi connectivity index (χ4v) is 2.89. The lowest BCUT2D eigenvalue weighted by Gasteiger charge is -2.36. The lowest BCUT2D eigenvalue weighted by Crippen LogP contribution is -2.50. The zero-order valence-corrected chi connectivity index (χ0v) is 14.2. The van der Waals surface area contributed by atoms with Crippen molar-refractivity contribution in [3.63, 3.8) is 0 Å². The third kappa shape index (κ3) is 4.47. The molecular weight excluding hydrogens is 278 g/mol. The van der Waals surface area contributed by atoms with Gasteiger partial charge < -0.3 is 19.7 Å². The number of likely N-dealkylation sites (N-methyl/N-ethyl adjacent to an activating group) is 1. The number of carbonyl (C=O) groups is 1. The highest BCUT2D eigenvalue weighted by atomic mass is 16.2. The molecule has 1 aliphatic heterocycles. The van der Waals surface area contributed by atoms with Crippen molar-refractivity contribution < 1.29 is 4.79 Å². The lowest BCUT2D eigenvalue weighted by molar-refractivity contribution is 0.139. The first-order valence-corrected chi connectivity index (χ1v) is 8.16. The van der Waals surface area contributed by atoms with Crippen LogP contribution in [0, 0.1) is 5.92 Å². The number of rotatable bonds is 5. The monoisotopic (exact) mass is 307 g/mol. The summed E-state index contributed by atoms with van der Waals surface area (Å²) in [6, 6.07) is 0.480. The Labute approximate surface area is 133 Å². The lowest BCUT2D eigenvalue weighted by atomic mass is 10.1. The van der Waals surface area contributed by atoms with E-state index in [0.29, 0.717) is 18.5 Å². The van der Waals surface area contributed by atoms with Gasteiger partial charge in [-0.05, 0) is 32.9 Å². The maximum absolute atomic E-state index is 12.4. The van der Waals surface area contributed by atoms with Crippen LogP contribution in [0.4, 0.5) is 4.79 Å². The molecule has 2 rings (SSSR count). The first kappa shape index (κ1) is 16.8. The molecule has 1 aromatic rings. The molecule has 6 heteroatoms. The van der Waals surface area contributed by atoms with Crippen LogP contribution in [-0.4, -0.2) is 58.6 Å². The molecule has 2 amide bonds. The molecule has 2 heterocycles. The van der Waals surface area contributed by atoms with Gasteiger partial charge >= 0.3 is 6.03 Å². The van der Waals surface area contributed by atoms with E-state index in [1.807, 2.05) is 11.1 Å². The molecule has 1 aliphatic rings. The summed E-state index contributed by atoms with van der Waals surface area (Å²) >= 11 is 0. The molecule has 0 unspecified atom stereocenters. The number of aromatic nitrogens is 2. The Morgan fingerprint density at radius 2 is 2.27 bits per heavy atom. The third-order valence-corrected chi connectivity index (χ3v) is 4.18. The normalized spacial score (nSPS) is 19.0. The summed E-state index contributed by atoms with van der Waals surface area (Å²) in [6.07, 6.45) is 6.01. The highest BCUT2D eigenvalue weighted by Crippen LogP contribution is 2.13. The molecule has 1 fully saturated rings. The highest BCUT2D eigenvalue weighted by Gasteiger charge is 2.24. The molecule has 0 aliphatic carbocycles. The minimum absolute atomic E-state index is 0.0191. The maximum atomic E-state index is 12.4. The first-order chi connectivity index (χ1) is 10.5. The van der Waals surface area contributed by atoms with Gasteiger partial charge in [0.1, 0.15) is 5.82 Å². The molecule has 0 spiro atoms. The molecule has 1 atom stereocenters. The van der Waals surface area contributed by atoms with Crippen molar-refractivity contribution in [3.8, 4) is 0 Å². The Morgan fingerprint density at radius 3 is 2.95 bits per heavy atom. The van der Waals surface area contributed by atoms with Crippen LogP contribution in [0.25, 0.3) is 0 Å². The molecule has 1 aromatic heterocycles. The number of nitrogens with one attached hydrogen (secondary N) is 1. The van der Waals surface area contributed by atoms with E-state index in [2.05, 4.69) is 47.7 Å². The fraction of sp³-hybridized carbons (Fsp3) is 0.750. The van der Waals surface area contributed by atoms with Crippen LogP contribution in [0.15, 0.2) is 12.4 Å². The van der Waals surface area contributed by atoms with E-state index in [0.717, 1.165) is 38.3 Å². The van der Waals surface area contributed by atoms with Gasteiger partial charge in [0, 0.05) is 38.1 Å². The average molecular weight is 307 g/mol. The summed E-state index contributed by atoms with van der Waals surface area (Å²) in [7, 11) is 4.16. The van der Waals surface area contributed by atoms with E-state index >= 15 is 0 Å². The van der Waals surface area contributed by atoms with E-state index < -0.39 is 0 Å². The molecule has 6 nitrogen and oxygen atoms in total. The van der Waals surface area contributed by atoms with Crippen LogP contribution in [-0.2, 0) is 13.1 Å². The molecule has 0 radical (unpaired) electrons. The van der Waals surface area contributed by atoms with Crippen molar-refractivity contribution in [3.05, 3.63) is 18.2 Å². The number of piperidine rings is 1. The van der Waals surface area contributed by atoms with Crippen molar-refractivity contribution >= 4 is 6.03 Å². The van der Waals surface area contributed by atoms with Gasteiger partial charge in [0.05, 0.1) is 6.54 Å². The van der Waals surface area contributed by atoms with Crippen LogP contribution >= 0.6 is 0 Å². The average Bonchev–Trinajstić information content (AvgIpc) is 2.91. The summed E-state index contributed by atoms with van der Waals surface area (Å²) in [6.45, 7) is 7.42. The maximum Gasteiger partial charge on any atom is 0.317 e. The number of urea groups is 1. The molecule has 22 heavy (non-hydrogen) atoms. The zero-order chi connectivity index (χ0) is 16.1. The quantitative estimate of drug-likeness (QED) is 0.902. The van der Waals surface area contributed by atoms with Crippen LogP contribution in [0.3, 0.4) is 0 Å². The van der Waals surface area contributed by atoms with Crippen LogP contribution in [0.1, 0.15) is 32.5 Å². The molecular formula is C16H29N5O. The second-order valence-electron chi connectivity index (χ2n) is 6.75. The minimum Gasteiger partial charge on any atom is -0.333 e. The van der Waals surface area contributed by atoms with E-state index in [9.17, 15) is 4.79 Å². The van der Waals surface area contributed by atoms with Crippen LogP contribution in [0.5, 0.6) is 0 Å². The summed E-state index contributed by atoms with van der Waals surface area (Å²) in [5.41, 5.74) is 0. The Balaban J connectivity index is 1.86. The largest absolute Gasteiger partial charge is 0.333 e. The Kier molecular flexibility index (Phi) is 5.83. The van der Waals surface area contributed by atoms with Crippen molar-refractivity contribution in [2.24, 2.45) is 5.92 Å². The predicted molar refractivity (Wildman–Crippen MR) is 87.6 cm³/mol. The van der Waals surface area contributed by atoms with Gasteiger partial charge in [-0.25, -0.2) is 9.78 Å². The number of likely N-dealkylation sites (tertiary alicyclic amines) is 1. The molecule has 1 N–H and O–H groups in total. The number of carbonyl (C=O) groups excluding carboxylic acids is 1. The van der Waals surface area contributed by atoms with Gasteiger partial charge in [0.25, 0.3) is 0 Å². The van der Waals surface area contributed by atoms with E-state index in [1.165, 1.54) is 0 Å². The van der Waals surface area contributed by atoms with Gasteiger partial charge in [0.15, 0.2) is 0 Å². The standard InChI is InChI=1S/C16H29N5O/c1-13(2)11-20-9-7-17-15(20)10-18-16(22)21-8-5-6-14(12-21)19(3)4/h7,9,13-14H,5-6,8,10-12H2,1-4H3,(H,18,22)/t14-/m0/s1. The molecule has 1 saturated heterocycles. The van der Waals surface area contributed by atoms with Gasteiger partial charge in [-0.1, -0.05) is 13.8 Å². The van der Waals surface area contributed by atoms with Crippen LogP contribution in [0.2, 0.25) is 0 Å². The number of imidazole rings is 1. The Bertz CT molecular complexity index is 483. The highest BCUT2D eigenvalue weighted by molar-refractivity contribution is 5.74. The molecule has 0 bridgehead atoms. The first-order valence-electron chi connectivity index (χ1n) is 8.16. The number of hydrogen-bond acceptors (Lipinski definition) is 3. The van der Waals surface area contributed by atoms with E-state index in [-0.39, 0.29) is 6.03 Å². The van der Waals surface area contributed by atoms with Crippen molar-refractivity contribution in [2.45, 2.75) is 45.8 Å². The third-order valence-electron chi connectivity index (χ3n) is 4.18. The summed E-state index contributed by atoms with van der Waals surface area (Å²) in [4.78, 5) is 20.8. The van der Waals surface area contributed by atoms with Gasteiger partial charge in [-0.15, -0.1) is 0 Å². The number of nitrogens with zero attached hydrogens (tertiary/aromatic N) is 4. The predicted octanol–water partition coefficient (Wildman–Crippen LogP) is 1.77. The summed E-state index contributed by atoms with van der Waals surface area (Å²) in [5, 5.41) is 3.01. The summed E-state index contributed by atoms with van der Waals surface area (Å²) in [5.74, 6) is 1.48. The van der Waals surface area contributed by atoms with Gasteiger partial charge in [0.2, 0.25) is 0 Å². The Morgan fingerprint density at radius 1 is 1.50 bits per heavy atom. The second-order valence-corrected chi connectivity index (χ2v) is 6.75. The number of hydrogen-bond donors (Lipinski definition) is 1. The SMILES string of the molecule is CC(C)Cn1ccnc1CNC(=O)N1CCC[C@H](N(C)C)C1. The van der Waals surface area contributed by atoms with Crippen molar-refractivity contribution in [1.29, 1.82) is 0 Å². The fourth-order valence-electron chi connectivity index (χ4n) is 2.89. The smallest absolute Gasteiger partial charge is 0.317 e. The zero-order valence-electron chi connectivity index (χ0n) is 14.2. The molecule has 124 valence electrons. The van der Waals surface area contributed by atoms with E-state index in [4.69, 9.17) is 0 Å². The van der Waals surface area contributed by atoms with Gasteiger partial charge in [-0.2, -0.15) is 0 Å². The van der Waals surface area contributed by atoms with Crippen molar-refractivity contribution in [1.82, 2.24) is 24.7 Å². The van der Waals surface area contributed by atoms with E-state index in [1.54, 1.807) is 6.20 Å². The summed E-state index contributed by atoms with van der Waals surface area (Å²) < 4.78 is 2.11. The van der Waals surface area contributed by atoms with Crippen molar-refractivity contribution in [2.75, 3.05) is 27.2 Å².